The Balaban J connectivity index is 2.89. The van der Waals surface area contributed by atoms with Crippen molar-refractivity contribution in [3.63, 3.8) is 0 Å². The third kappa shape index (κ3) is 1.42. The summed E-state index contributed by atoms with van der Waals surface area (Å²) in [4.78, 5) is 4.60. The molecule has 0 aliphatic carbocycles. The predicted molar refractivity (Wildman–Crippen MR) is 66.0 cm³/mol. The number of aromatic nitrogens is 3. The minimum Gasteiger partial charge on any atom is -0.232 e. The van der Waals surface area contributed by atoms with Gasteiger partial charge >= 0.3 is 0 Å². The van der Waals surface area contributed by atoms with Crippen molar-refractivity contribution in [2.45, 2.75) is 47.5 Å². The van der Waals surface area contributed by atoms with Crippen molar-refractivity contribution in [2.75, 3.05) is 0 Å². The minimum atomic E-state index is 0.495. The molecule has 3 nitrogen and oxygen atoms in total. The Hall–Kier alpha value is -1.38. The van der Waals surface area contributed by atoms with E-state index in [4.69, 9.17) is 0 Å². The molecule has 2 rings (SSSR count). The zero-order valence-corrected chi connectivity index (χ0v) is 10.9. The number of imidazole rings is 1. The first-order valence-corrected chi connectivity index (χ1v) is 5.76. The van der Waals surface area contributed by atoms with Crippen molar-refractivity contribution in [2.24, 2.45) is 0 Å². The summed E-state index contributed by atoms with van der Waals surface area (Å²) < 4.78 is 1.96. The molecule has 0 spiro atoms. The maximum Gasteiger partial charge on any atom is 0.157 e. The molecule has 16 heavy (non-hydrogen) atoms. The highest BCUT2D eigenvalue weighted by molar-refractivity contribution is 5.54. The zero-order chi connectivity index (χ0) is 12.0. The maximum absolute atomic E-state index is 4.63. The topological polar surface area (TPSA) is 30.2 Å². The summed E-state index contributed by atoms with van der Waals surface area (Å²) in [7, 11) is 0. The van der Waals surface area contributed by atoms with E-state index in [2.05, 4.69) is 44.7 Å². The quantitative estimate of drug-likeness (QED) is 0.734. The molecule has 0 saturated heterocycles. The second kappa shape index (κ2) is 3.58. The Morgan fingerprint density at radius 1 is 1.00 bits per heavy atom. The number of hydrogen-bond acceptors (Lipinski definition) is 2. The van der Waals surface area contributed by atoms with Crippen molar-refractivity contribution in [1.82, 2.24) is 14.6 Å². The van der Waals surface area contributed by atoms with E-state index in [1.807, 2.05) is 11.4 Å². The van der Waals surface area contributed by atoms with Crippen LogP contribution in [0.1, 0.15) is 48.0 Å². The van der Waals surface area contributed by atoms with E-state index < -0.39 is 0 Å². The van der Waals surface area contributed by atoms with E-state index in [0.29, 0.717) is 5.92 Å². The molecule has 0 amide bonds. The summed E-state index contributed by atoms with van der Waals surface area (Å²) in [5, 5.41) is 4.63. The normalized spacial score (nSPS) is 11.7. The summed E-state index contributed by atoms with van der Waals surface area (Å²) in [6, 6.07) is 0. The molecule has 2 heterocycles. The Kier molecular flexibility index (Phi) is 2.49. The number of fused-ring (bicyclic) bond motifs is 1. The monoisotopic (exact) mass is 217 g/mol. The van der Waals surface area contributed by atoms with Gasteiger partial charge in [0.15, 0.2) is 5.65 Å². The molecular weight excluding hydrogens is 198 g/mol. The van der Waals surface area contributed by atoms with Crippen LogP contribution in [0.4, 0.5) is 0 Å². The van der Waals surface area contributed by atoms with Crippen LogP contribution in [0.15, 0.2) is 0 Å². The van der Waals surface area contributed by atoms with Gasteiger partial charge in [-0.05, 0) is 44.7 Å². The van der Waals surface area contributed by atoms with Crippen molar-refractivity contribution < 1.29 is 0 Å². The van der Waals surface area contributed by atoms with Gasteiger partial charge in [-0.1, -0.05) is 13.8 Å². The van der Waals surface area contributed by atoms with Gasteiger partial charge in [0.05, 0.1) is 17.1 Å². The fourth-order valence-corrected chi connectivity index (χ4v) is 2.41. The lowest BCUT2D eigenvalue weighted by Gasteiger charge is -2.13. The fourth-order valence-electron chi connectivity index (χ4n) is 2.41. The van der Waals surface area contributed by atoms with Gasteiger partial charge in [-0.15, -0.1) is 0 Å². The third-order valence-corrected chi connectivity index (χ3v) is 3.27. The van der Waals surface area contributed by atoms with E-state index in [9.17, 15) is 0 Å². The first-order chi connectivity index (χ1) is 7.43. The molecule has 0 radical (unpaired) electrons. The molecule has 0 bridgehead atoms. The highest BCUT2D eigenvalue weighted by Gasteiger charge is 2.15. The van der Waals surface area contributed by atoms with E-state index >= 15 is 0 Å². The first-order valence-electron chi connectivity index (χ1n) is 5.76. The van der Waals surface area contributed by atoms with Crippen LogP contribution in [-0.4, -0.2) is 14.6 Å². The molecule has 0 atom stereocenters. The van der Waals surface area contributed by atoms with Gasteiger partial charge in [0.25, 0.3) is 0 Å². The summed E-state index contributed by atoms with van der Waals surface area (Å²) >= 11 is 0. The summed E-state index contributed by atoms with van der Waals surface area (Å²) in [6.45, 7) is 12.7. The molecule has 0 N–H and O–H groups in total. The van der Waals surface area contributed by atoms with Crippen molar-refractivity contribution >= 4 is 5.65 Å². The Morgan fingerprint density at radius 3 is 2.19 bits per heavy atom. The molecule has 0 aliphatic heterocycles. The van der Waals surface area contributed by atoms with Crippen LogP contribution in [-0.2, 0) is 0 Å². The molecular formula is C13H19N3. The average Bonchev–Trinajstić information content (AvgIpc) is 2.45. The second-order valence-corrected chi connectivity index (χ2v) is 4.80. The van der Waals surface area contributed by atoms with Gasteiger partial charge in [0, 0.05) is 0 Å². The van der Waals surface area contributed by atoms with Gasteiger partial charge in [-0.25, -0.2) is 9.50 Å². The van der Waals surface area contributed by atoms with Crippen LogP contribution in [0.2, 0.25) is 0 Å². The molecule has 3 heteroatoms. The van der Waals surface area contributed by atoms with Crippen molar-refractivity contribution in [3.8, 4) is 0 Å². The Labute approximate surface area is 96.5 Å². The van der Waals surface area contributed by atoms with Crippen molar-refractivity contribution in [1.29, 1.82) is 0 Å². The first kappa shape index (κ1) is 11.1. The SMILES string of the molecule is Cc1nn2c(C)c(C)nc2c(C)c1C(C)C. The Bertz CT molecular complexity index is 550. The number of rotatable bonds is 1. The standard InChI is InChI=1S/C13H19N3/c1-7(2)12-8(3)13-14-9(4)11(6)16(13)15-10(12)5/h7H,1-6H3. The van der Waals surface area contributed by atoms with Crippen LogP contribution in [0, 0.1) is 27.7 Å². The summed E-state index contributed by atoms with van der Waals surface area (Å²) in [5.41, 5.74) is 6.91. The van der Waals surface area contributed by atoms with Gasteiger partial charge in [0.2, 0.25) is 0 Å². The number of aryl methyl sites for hydroxylation is 4. The average molecular weight is 217 g/mol. The molecule has 2 aromatic heterocycles. The van der Waals surface area contributed by atoms with E-state index in [1.54, 1.807) is 0 Å². The largest absolute Gasteiger partial charge is 0.232 e. The van der Waals surface area contributed by atoms with Gasteiger partial charge < -0.3 is 0 Å². The molecule has 0 aliphatic rings. The minimum absolute atomic E-state index is 0.495. The second-order valence-electron chi connectivity index (χ2n) is 4.80. The highest BCUT2D eigenvalue weighted by atomic mass is 15.3. The summed E-state index contributed by atoms with van der Waals surface area (Å²) in [6.07, 6.45) is 0. The smallest absolute Gasteiger partial charge is 0.157 e. The van der Waals surface area contributed by atoms with Crippen molar-refractivity contribution in [3.05, 3.63) is 28.2 Å². The van der Waals surface area contributed by atoms with Crippen LogP contribution in [0.3, 0.4) is 0 Å². The molecule has 2 aromatic rings. The maximum atomic E-state index is 4.63. The van der Waals surface area contributed by atoms with Gasteiger partial charge in [0.1, 0.15) is 0 Å². The number of hydrogen-bond donors (Lipinski definition) is 0. The summed E-state index contributed by atoms with van der Waals surface area (Å²) in [5.74, 6) is 0.495. The molecule has 86 valence electrons. The van der Waals surface area contributed by atoms with Gasteiger partial charge in [-0.2, -0.15) is 5.10 Å². The van der Waals surface area contributed by atoms with Crippen LogP contribution < -0.4 is 0 Å². The van der Waals surface area contributed by atoms with Crippen LogP contribution in [0.5, 0.6) is 0 Å². The van der Waals surface area contributed by atoms with E-state index in [-0.39, 0.29) is 0 Å². The molecule has 0 fully saturated rings. The Morgan fingerprint density at radius 2 is 1.62 bits per heavy atom. The molecule has 0 saturated carbocycles. The zero-order valence-electron chi connectivity index (χ0n) is 10.9. The molecule has 0 aromatic carbocycles. The lowest BCUT2D eigenvalue weighted by Crippen LogP contribution is -2.06. The van der Waals surface area contributed by atoms with Gasteiger partial charge in [-0.3, -0.25) is 0 Å². The lowest BCUT2D eigenvalue weighted by atomic mass is 9.98. The molecule has 0 unspecified atom stereocenters. The van der Waals surface area contributed by atoms with Crippen LogP contribution in [0.25, 0.3) is 5.65 Å². The third-order valence-electron chi connectivity index (χ3n) is 3.27. The fraction of sp³-hybridized carbons (Fsp3) is 0.538. The van der Waals surface area contributed by atoms with E-state index in [1.165, 1.54) is 11.1 Å². The van der Waals surface area contributed by atoms with Crippen LogP contribution >= 0.6 is 0 Å². The lowest BCUT2D eigenvalue weighted by molar-refractivity contribution is 0.783. The highest BCUT2D eigenvalue weighted by Crippen LogP contribution is 2.25. The predicted octanol–water partition coefficient (Wildman–Crippen LogP) is 3.09. The number of nitrogens with zero attached hydrogens (tertiary/aromatic N) is 3. The van der Waals surface area contributed by atoms with E-state index in [0.717, 1.165) is 22.7 Å².